The highest BCUT2D eigenvalue weighted by atomic mass is 32.2. The van der Waals surface area contributed by atoms with Crippen molar-refractivity contribution in [2.24, 2.45) is 5.92 Å². The normalized spacial score (nSPS) is 14.4. The van der Waals surface area contributed by atoms with E-state index in [9.17, 15) is 13.2 Å². The fraction of sp³-hybridized carbons (Fsp3) is 0.444. The minimum atomic E-state index is -2.43. The first-order chi connectivity index (χ1) is 11.9. The average molecular weight is 361 g/mol. The van der Waals surface area contributed by atoms with Gasteiger partial charge in [-0.05, 0) is 44.5 Å². The third-order valence-electron chi connectivity index (χ3n) is 4.22. The molecule has 2 aromatic rings. The largest absolute Gasteiger partial charge is 0.305 e. The lowest BCUT2D eigenvalue weighted by atomic mass is 10.1. The fourth-order valence-corrected chi connectivity index (χ4v) is 3.30. The molecule has 0 spiro atoms. The highest BCUT2D eigenvalue weighted by Crippen LogP contribution is 2.30. The molecule has 0 unspecified atom stereocenters. The third-order valence-corrected chi connectivity index (χ3v) is 4.85. The predicted octanol–water partition coefficient (Wildman–Crippen LogP) is 1.49. The van der Waals surface area contributed by atoms with Crippen LogP contribution in [0.25, 0.3) is 11.3 Å². The fourth-order valence-electron chi connectivity index (χ4n) is 2.79. The summed E-state index contributed by atoms with van der Waals surface area (Å²) in [5, 5.41) is 4.55. The summed E-state index contributed by atoms with van der Waals surface area (Å²) in [5.41, 5.74) is 3.08. The average Bonchev–Trinajstić information content (AvgIpc) is 3.35. The summed E-state index contributed by atoms with van der Waals surface area (Å²) >= 11 is 0. The summed E-state index contributed by atoms with van der Waals surface area (Å²) < 4.78 is 23.3. The van der Waals surface area contributed by atoms with Gasteiger partial charge in [-0.3, -0.25) is 4.79 Å². The van der Waals surface area contributed by atoms with Gasteiger partial charge in [-0.25, -0.2) is 13.1 Å². The summed E-state index contributed by atoms with van der Waals surface area (Å²) in [4.78, 5) is 14.6. The van der Waals surface area contributed by atoms with Crippen LogP contribution in [0.3, 0.4) is 0 Å². The van der Waals surface area contributed by atoms with Gasteiger partial charge in [0.05, 0.1) is 11.4 Å². The lowest BCUT2D eigenvalue weighted by molar-refractivity contribution is 0.395. The Hall–Kier alpha value is -1.99. The van der Waals surface area contributed by atoms with Gasteiger partial charge in [0.15, 0.2) is 0 Å². The molecule has 0 saturated heterocycles. The molecule has 7 heteroatoms. The van der Waals surface area contributed by atoms with Crippen molar-refractivity contribution < 1.29 is 8.42 Å². The number of benzene rings is 1. The van der Waals surface area contributed by atoms with Gasteiger partial charge in [0.1, 0.15) is 10.7 Å². The van der Waals surface area contributed by atoms with Crippen molar-refractivity contribution in [3.8, 4) is 11.3 Å². The van der Waals surface area contributed by atoms with Gasteiger partial charge in [-0.15, -0.1) is 0 Å². The molecule has 0 aliphatic heterocycles. The van der Waals surface area contributed by atoms with Crippen molar-refractivity contribution in [1.29, 1.82) is 0 Å². The second-order valence-corrected chi connectivity index (χ2v) is 7.89. The molecule has 1 fully saturated rings. The van der Waals surface area contributed by atoms with Crippen LogP contribution in [0.2, 0.25) is 0 Å². The van der Waals surface area contributed by atoms with Gasteiger partial charge in [0.2, 0.25) is 0 Å². The van der Waals surface area contributed by atoms with Gasteiger partial charge in [-0.1, -0.05) is 24.3 Å². The summed E-state index contributed by atoms with van der Waals surface area (Å²) in [7, 11) is 1.43. The summed E-state index contributed by atoms with van der Waals surface area (Å²) in [6.45, 7) is 1.23. The van der Waals surface area contributed by atoms with Crippen molar-refractivity contribution in [3.05, 3.63) is 51.8 Å². The van der Waals surface area contributed by atoms with Crippen molar-refractivity contribution in [3.63, 3.8) is 0 Å². The zero-order chi connectivity index (χ0) is 18.0. The second kappa shape index (κ2) is 7.49. The van der Waals surface area contributed by atoms with E-state index in [1.165, 1.54) is 0 Å². The van der Waals surface area contributed by atoms with Crippen molar-refractivity contribution in [2.75, 3.05) is 14.1 Å². The van der Waals surface area contributed by atoms with Gasteiger partial charge in [0, 0.05) is 24.2 Å². The number of rotatable bonds is 7. The van der Waals surface area contributed by atoms with Gasteiger partial charge in [-0.2, -0.15) is 5.10 Å². The van der Waals surface area contributed by atoms with E-state index in [1.807, 2.05) is 37.2 Å². The smallest absolute Gasteiger partial charge is 0.271 e. The number of thiol groups is 1. The standard InChI is InChI=1S/C18H23N3O3S/c1-20(2)11-16-9-17(19-21(18(16)22)10-13-3-4-13)15-7-5-14(6-8-15)12-25(23)24/h5-9,13,25H,3-4,10-12H2,1-2H3. The van der Waals surface area contributed by atoms with Crippen molar-refractivity contribution in [1.82, 2.24) is 14.7 Å². The zero-order valence-electron chi connectivity index (χ0n) is 14.5. The lowest BCUT2D eigenvalue weighted by Gasteiger charge is -2.13. The zero-order valence-corrected chi connectivity index (χ0v) is 15.4. The van der Waals surface area contributed by atoms with E-state index in [0.717, 1.165) is 35.2 Å². The van der Waals surface area contributed by atoms with Crippen LogP contribution in [0.4, 0.5) is 0 Å². The molecule has 1 aliphatic carbocycles. The van der Waals surface area contributed by atoms with Crippen LogP contribution in [0, 0.1) is 5.92 Å². The van der Waals surface area contributed by atoms with Crippen LogP contribution < -0.4 is 5.56 Å². The number of aromatic nitrogens is 2. The first kappa shape index (κ1) is 17.8. The molecule has 25 heavy (non-hydrogen) atoms. The van der Waals surface area contributed by atoms with Gasteiger partial charge in [0.25, 0.3) is 5.56 Å². The van der Waals surface area contributed by atoms with Crippen LogP contribution in [0.1, 0.15) is 24.0 Å². The van der Waals surface area contributed by atoms with Crippen LogP contribution in [0.5, 0.6) is 0 Å². The Morgan fingerprint density at radius 3 is 2.44 bits per heavy atom. The minimum Gasteiger partial charge on any atom is -0.305 e. The van der Waals surface area contributed by atoms with Gasteiger partial charge >= 0.3 is 0 Å². The van der Waals surface area contributed by atoms with Crippen molar-refractivity contribution >= 4 is 10.7 Å². The molecule has 1 saturated carbocycles. The number of nitrogens with zero attached hydrogens (tertiary/aromatic N) is 3. The molecule has 1 aliphatic rings. The molecule has 134 valence electrons. The van der Waals surface area contributed by atoms with Crippen LogP contribution >= 0.6 is 0 Å². The molecule has 1 aromatic carbocycles. The Balaban J connectivity index is 1.97. The van der Waals surface area contributed by atoms with E-state index in [0.29, 0.717) is 19.0 Å². The van der Waals surface area contributed by atoms with Crippen LogP contribution in [-0.4, -0.2) is 37.2 Å². The Morgan fingerprint density at radius 2 is 1.88 bits per heavy atom. The second-order valence-electron chi connectivity index (χ2n) is 6.91. The van der Waals surface area contributed by atoms with E-state index >= 15 is 0 Å². The van der Waals surface area contributed by atoms with E-state index in [1.54, 1.807) is 16.8 Å². The molecule has 0 atom stereocenters. The molecule has 0 amide bonds. The van der Waals surface area contributed by atoms with E-state index in [4.69, 9.17) is 0 Å². The van der Waals surface area contributed by atoms with Crippen LogP contribution in [-0.2, 0) is 29.5 Å². The molecular weight excluding hydrogens is 338 g/mol. The first-order valence-corrected chi connectivity index (χ1v) is 9.75. The maximum atomic E-state index is 12.6. The monoisotopic (exact) mass is 361 g/mol. The SMILES string of the molecule is CN(C)Cc1cc(-c2ccc(C[SH](=O)=O)cc2)nn(CC2CC2)c1=O. The van der Waals surface area contributed by atoms with Crippen LogP contribution in [0.15, 0.2) is 35.1 Å². The van der Waals surface area contributed by atoms with E-state index < -0.39 is 10.7 Å². The maximum Gasteiger partial charge on any atom is 0.271 e. The maximum absolute atomic E-state index is 12.6. The van der Waals surface area contributed by atoms with E-state index in [2.05, 4.69) is 5.10 Å². The van der Waals surface area contributed by atoms with Gasteiger partial charge < -0.3 is 4.90 Å². The molecule has 0 radical (unpaired) electrons. The predicted molar refractivity (Wildman–Crippen MR) is 98.1 cm³/mol. The topological polar surface area (TPSA) is 72.3 Å². The van der Waals surface area contributed by atoms with Crippen molar-refractivity contribution in [2.45, 2.75) is 31.7 Å². The molecule has 1 heterocycles. The molecule has 1 aromatic heterocycles. The lowest BCUT2D eigenvalue weighted by Crippen LogP contribution is -2.30. The number of hydrogen-bond acceptors (Lipinski definition) is 5. The van der Waals surface area contributed by atoms with E-state index in [-0.39, 0.29) is 11.3 Å². The molecule has 3 rings (SSSR count). The Labute approximate surface area is 149 Å². The highest BCUT2D eigenvalue weighted by Gasteiger charge is 2.23. The summed E-state index contributed by atoms with van der Waals surface area (Å²) in [6, 6.07) is 9.16. The summed E-state index contributed by atoms with van der Waals surface area (Å²) in [6.07, 6.45) is 2.31. The summed E-state index contributed by atoms with van der Waals surface area (Å²) in [5.74, 6) is 0.596. The minimum absolute atomic E-state index is 0.0238. The highest BCUT2D eigenvalue weighted by molar-refractivity contribution is 7.71. The molecule has 0 bridgehead atoms. The Bertz CT molecular complexity index is 845. The Kier molecular flexibility index (Phi) is 5.34. The quantitative estimate of drug-likeness (QED) is 0.757. The molecule has 6 nitrogen and oxygen atoms in total. The third kappa shape index (κ3) is 4.76. The first-order valence-electron chi connectivity index (χ1n) is 8.39. The molecular formula is C18H23N3O3S. The number of hydrogen-bond donors (Lipinski definition) is 1. The molecule has 0 N–H and O–H groups in total. The Morgan fingerprint density at radius 1 is 1.20 bits per heavy atom.